The molecular formula is C22H21NO5S. The lowest BCUT2D eigenvalue weighted by Gasteiger charge is -2.14. The molecule has 0 aliphatic carbocycles. The average Bonchev–Trinajstić information content (AvgIpc) is 2.95. The van der Waals surface area contributed by atoms with Gasteiger partial charge in [0.25, 0.3) is 11.1 Å². The number of benzene rings is 2. The molecule has 29 heavy (non-hydrogen) atoms. The fourth-order valence-corrected chi connectivity index (χ4v) is 3.59. The molecule has 1 fully saturated rings. The predicted molar refractivity (Wildman–Crippen MR) is 112 cm³/mol. The molecule has 150 valence electrons. The van der Waals surface area contributed by atoms with Gasteiger partial charge in [0.05, 0.1) is 10.5 Å². The zero-order valence-corrected chi connectivity index (χ0v) is 16.9. The molecule has 0 spiro atoms. The molecule has 1 heterocycles. The molecule has 3 rings (SSSR count). The van der Waals surface area contributed by atoms with Gasteiger partial charge in [0.15, 0.2) is 0 Å². The van der Waals surface area contributed by atoms with E-state index in [0.29, 0.717) is 23.8 Å². The number of nitrogens with zero attached hydrogens (tertiary/aromatic N) is 1. The fourth-order valence-electron chi connectivity index (χ4n) is 2.74. The molecule has 1 aliphatic heterocycles. The molecule has 0 unspecified atom stereocenters. The van der Waals surface area contributed by atoms with E-state index in [-0.39, 0.29) is 22.6 Å². The topological polar surface area (TPSA) is 83.9 Å². The summed E-state index contributed by atoms with van der Waals surface area (Å²) in [5, 5.41) is 8.68. The zero-order valence-electron chi connectivity index (χ0n) is 16.1. The molecule has 2 amide bonds. The summed E-state index contributed by atoms with van der Waals surface area (Å²) in [5.74, 6) is -0.342. The summed E-state index contributed by atoms with van der Waals surface area (Å²) < 4.78 is 5.71. The minimum absolute atomic E-state index is 0.222. The van der Waals surface area contributed by atoms with Gasteiger partial charge in [-0.05, 0) is 59.1 Å². The van der Waals surface area contributed by atoms with E-state index in [0.717, 1.165) is 22.9 Å². The summed E-state index contributed by atoms with van der Waals surface area (Å²) in [5.41, 5.74) is 1.90. The van der Waals surface area contributed by atoms with Gasteiger partial charge in [-0.1, -0.05) is 38.1 Å². The number of carbonyl (C=O) groups is 3. The first-order chi connectivity index (χ1) is 13.8. The number of carboxylic acid groups (broad SMARTS) is 1. The molecule has 2 aromatic carbocycles. The summed E-state index contributed by atoms with van der Waals surface area (Å²) in [6.45, 7) is 4.66. The quantitative estimate of drug-likeness (QED) is 0.668. The Morgan fingerprint density at radius 2 is 1.76 bits per heavy atom. The van der Waals surface area contributed by atoms with E-state index < -0.39 is 5.97 Å². The first-order valence-electron chi connectivity index (χ1n) is 9.14. The fraction of sp³-hybridized carbons (Fsp3) is 0.227. The van der Waals surface area contributed by atoms with Crippen LogP contribution in [0.1, 0.15) is 35.3 Å². The third-order valence-corrected chi connectivity index (χ3v) is 5.11. The number of hydrogen-bond acceptors (Lipinski definition) is 5. The third kappa shape index (κ3) is 5.26. The molecule has 0 saturated carbocycles. The molecule has 1 saturated heterocycles. The van der Waals surface area contributed by atoms with Crippen molar-refractivity contribution in [1.82, 2.24) is 4.90 Å². The van der Waals surface area contributed by atoms with E-state index in [9.17, 15) is 14.4 Å². The lowest BCUT2D eigenvalue weighted by atomic mass is 10.1. The van der Waals surface area contributed by atoms with E-state index in [1.807, 2.05) is 26.0 Å². The highest BCUT2D eigenvalue weighted by atomic mass is 32.2. The number of imide groups is 1. The second-order valence-corrected chi connectivity index (χ2v) is 8.04. The summed E-state index contributed by atoms with van der Waals surface area (Å²) in [6, 6.07) is 13.7. The van der Waals surface area contributed by atoms with E-state index in [2.05, 4.69) is 0 Å². The lowest BCUT2D eigenvalue weighted by molar-refractivity contribution is -0.123. The van der Waals surface area contributed by atoms with Gasteiger partial charge in [0, 0.05) is 6.54 Å². The van der Waals surface area contributed by atoms with Gasteiger partial charge < -0.3 is 9.84 Å². The predicted octanol–water partition coefficient (Wildman–Crippen LogP) is 4.66. The standard InChI is InChI=1S/C22H21NO5S/c1-14(2)12-23-20(24)19(29-22(23)27)11-15-5-9-18(10-6-15)28-13-16-3-7-17(8-4-16)21(25)26/h3-11,14H,12-13H2,1-2H3,(H,25,26). The minimum atomic E-state index is -0.963. The minimum Gasteiger partial charge on any atom is -0.489 e. The second kappa shape index (κ2) is 8.96. The lowest BCUT2D eigenvalue weighted by Crippen LogP contribution is -2.31. The van der Waals surface area contributed by atoms with E-state index >= 15 is 0 Å². The van der Waals surface area contributed by atoms with Crippen molar-refractivity contribution in [2.24, 2.45) is 5.92 Å². The Morgan fingerprint density at radius 3 is 2.34 bits per heavy atom. The second-order valence-electron chi connectivity index (χ2n) is 7.05. The SMILES string of the molecule is CC(C)CN1C(=O)SC(=Cc2ccc(OCc3ccc(C(=O)O)cc3)cc2)C1=O. The number of carbonyl (C=O) groups excluding carboxylic acids is 2. The number of ether oxygens (including phenoxy) is 1. The van der Waals surface area contributed by atoms with Crippen LogP contribution in [0.5, 0.6) is 5.75 Å². The highest BCUT2D eigenvalue weighted by Gasteiger charge is 2.35. The Morgan fingerprint density at radius 1 is 1.10 bits per heavy atom. The molecule has 0 radical (unpaired) electrons. The van der Waals surface area contributed by atoms with Crippen LogP contribution in [0.15, 0.2) is 53.4 Å². The molecule has 1 aliphatic rings. The van der Waals surface area contributed by atoms with Gasteiger partial charge in [-0.25, -0.2) is 4.79 Å². The van der Waals surface area contributed by atoms with Gasteiger partial charge in [-0.15, -0.1) is 0 Å². The normalized spacial score (nSPS) is 15.4. The van der Waals surface area contributed by atoms with Gasteiger partial charge >= 0.3 is 5.97 Å². The van der Waals surface area contributed by atoms with E-state index in [1.165, 1.54) is 17.0 Å². The molecular weight excluding hydrogens is 390 g/mol. The number of hydrogen-bond donors (Lipinski definition) is 1. The first kappa shape index (κ1) is 20.7. The van der Waals surface area contributed by atoms with Gasteiger partial charge in [-0.3, -0.25) is 14.5 Å². The Kier molecular flexibility index (Phi) is 6.39. The maximum absolute atomic E-state index is 12.4. The van der Waals surface area contributed by atoms with Crippen LogP contribution in [0.2, 0.25) is 0 Å². The Hall–Kier alpha value is -3.06. The Labute approximate surface area is 173 Å². The maximum Gasteiger partial charge on any atom is 0.335 e. The van der Waals surface area contributed by atoms with Crippen molar-refractivity contribution in [3.8, 4) is 5.75 Å². The Bertz CT molecular complexity index is 948. The molecule has 0 bridgehead atoms. The van der Waals surface area contributed by atoms with Crippen molar-refractivity contribution in [1.29, 1.82) is 0 Å². The van der Waals surface area contributed by atoms with E-state index in [4.69, 9.17) is 9.84 Å². The van der Waals surface area contributed by atoms with Crippen LogP contribution in [0.4, 0.5) is 4.79 Å². The maximum atomic E-state index is 12.4. The van der Waals surface area contributed by atoms with Crippen molar-refractivity contribution < 1.29 is 24.2 Å². The highest BCUT2D eigenvalue weighted by Crippen LogP contribution is 2.32. The molecule has 2 aromatic rings. The van der Waals surface area contributed by atoms with Crippen LogP contribution in [0, 0.1) is 5.92 Å². The number of rotatable bonds is 7. The van der Waals surface area contributed by atoms with Crippen LogP contribution in [0.3, 0.4) is 0 Å². The summed E-state index contributed by atoms with van der Waals surface area (Å²) in [6.07, 6.45) is 1.71. The number of amides is 2. The summed E-state index contributed by atoms with van der Waals surface area (Å²) in [7, 11) is 0. The molecule has 6 nitrogen and oxygen atoms in total. The van der Waals surface area contributed by atoms with Crippen LogP contribution in [-0.4, -0.2) is 33.7 Å². The van der Waals surface area contributed by atoms with Crippen LogP contribution in [-0.2, 0) is 11.4 Å². The molecule has 7 heteroatoms. The van der Waals surface area contributed by atoms with Crippen molar-refractivity contribution in [3.05, 3.63) is 70.1 Å². The number of aromatic carboxylic acids is 1. The highest BCUT2D eigenvalue weighted by molar-refractivity contribution is 8.18. The summed E-state index contributed by atoms with van der Waals surface area (Å²) >= 11 is 0.959. The van der Waals surface area contributed by atoms with Gasteiger partial charge in [0.1, 0.15) is 12.4 Å². The van der Waals surface area contributed by atoms with Crippen molar-refractivity contribution >= 4 is 35.0 Å². The average molecular weight is 411 g/mol. The summed E-state index contributed by atoms with van der Waals surface area (Å²) in [4.78, 5) is 37.0. The van der Waals surface area contributed by atoms with Crippen LogP contribution >= 0.6 is 11.8 Å². The van der Waals surface area contributed by atoms with Gasteiger partial charge in [0.2, 0.25) is 0 Å². The van der Waals surface area contributed by atoms with Crippen molar-refractivity contribution in [2.45, 2.75) is 20.5 Å². The van der Waals surface area contributed by atoms with Crippen molar-refractivity contribution in [3.63, 3.8) is 0 Å². The van der Waals surface area contributed by atoms with Gasteiger partial charge in [-0.2, -0.15) is 0 Å². The number of thioether (sulfide) groups is 1. The zero-order chi connectivity index (χ0) is 21.0. The van der Waals surface area contributed by atoms with Crippen LogP contribution in [0.25, 0.3) is 6.08 Å². The molecule has 0 aromatic heterocycles. The Balaban J connectivity index is 1.61. The van der Waals surface area contributed by atoms with Crippen LogP contribution < -0.4 is 4.74 Å². The third-order valence-electron chi connectivity index (χ3n) is 4.21. The monoisotopic (exact) mass is 411 g/mol. The van der Waals surface area contributed by atoms with E-state index in [1.54, 1.807) is 30.3 Å². The number of carboxylic acids is 1. The first-order valence-corrected chi connectivity index (χ1v) is 9.95. The van der Waals surface area contributed by atoms with Crippen molar-refractivity contribution in [2.75, 3.05) is 6.54 Å². The molecule has 0 atom stereocenters. The largest absolute Gasteiger partial charge is 0.489 e. The molecule has 1 N–H and O–H groups in total. The smallest absolute Gasteiger partial charge is 0.335 e.